The van der Waals surface area contributed by atoms with E-state index < -0.39 is 22.0 Å². The van der Waals surface area contributed by atoms with Crippen molar-refractivity contribution in [1.29, 1.82) is 5.26 Å². The number of thioether (sulfide) groups is 1. The lowest BCUT2D eigenvalue weighted by Crippen LogP contribution is -2.44. The van der Waals surface area contributed by atoms with Crippen molar-refractivity contribution < 1.29 is 13.2 Å². The highest BCUT2D eigenvalue weighted by atomic mass is 35.5. The minimum atomic E-state index is -3.87. The molecule has 1 atom stereocenters. The summed E-state index contributed by atoms with van der Waals surface area (Å²) in [7, 11) is -3.87. The summed E-state index contributed by atoms with van der Waals surface area (Å²) in [6, 6.07) is 13.7. The third-order valence-corrected chi connectivity index (χ3v) is 6.24. The molecule has 0 saturated carbocycles. The van der Waals surface area contributed by atoms with Gasteiger partial charge in [-0.2, -0.15) is 21.7 Å². The summed E-state index contributed by atoms with van der Waals surface area (Å²) in [4.78, 5) is 12.7. The number of carbonyl (C=O) groups excluding carboxylic acids is 1. The van der Waals surface area contributed by atoms with Gasteiger partial charge in [-0.3, -0.25) is 4.79 Å². The van der Waals surface area contributed by atoms with Crippen LogP contribution in [-0.2, 0) is 21.2 Å². The Bertz CT molecular complexity index is 940. The molecule has 2 N–H and O–H groups in total. The molecule has 2 aromatic carbocycles. The zero-order chi connectivity index (χ0) is 20.6. The maximum atomic E-state index is 12.7. The fraction of sp³-hybridized carbons (Fsp3) is 0.263. The number of nitriles is 1. The zero-order valence-electron chi connectivity index (χ0n) is 15.2. The Kier molecular flexibility index (Phi) is 8.33. The molecule has 9 heteroatoms. The first kappa shape index (κ1) is 22.2. The molecule has 2 aromatic rings. The van der Waals surface area contributed by atoms with E-state index in [2.05, 4.69) is 16.1 Å². The van der Waals surface area contributed by atoms with Gasteiger partial charge in [-0.1, -0.05) is 23.7 Å². The predicted octanol–water partition coefficient (Wildman–Crippen LogP) is 3.44. The van der Waals surface area contributed by atoms with Crippen molar-refractivity contribution in [3.63, 3.8) is 0 Å². The molecule has 1 amide bonds. The molecule has 148 valence electrons. The van der Waals surface area contributed by atoms with Crippen LogP contribution in [-0.4, -0.2) is 32.4 Å². The Morgan fingerprint density at radius 3 is 2.39 bits per heavy atom. The molecule has 0 aliphatic carbocycles. The van der Waals surface area contributed by atoms with Gasteiger partial charge in [-0.15, -0.1) is 0 Å². The lowest BCUT2D eigenvalue weighted by molar-refractivity contribution is -0.117. The number of anilines is 1. The highest BCUT2D eigenvalue weighted by Gasteiger charge is 2.25. The van der Waals surface area contributed by atoms with E-state index in [0.29, 0.717) is 22.9 Å². The molecule has 0 aromatic heterocycles. The van der Waals surface area contributed by atoms with E-state index in [1.807, 2.05) is 6.26 Å². The van der Waals surface area contributed by atoms with Crippen LogP contribution in [0.4, 0.5) is 5.69 Å². The minimum Gasteiger partial charge on any atom is -0.325 e. The van der Waals surface area contributed by atoms with Crippen molar-refractivity contribution in [3.8, 4) is 6.07 Å². The van der Waals surface area contributed by atoms with Gasteiger partial charge in [-0.05, 0) is 60.4 Å². The van der Waals surface area contributed by atoms with Gasteiger partial charge in [0, 0.05) is 10.7 Å². The monoisotopic (exact) mass is 437 g/mol. The largest absolute Gasteiger partial charge is 0.325 e. The van der Waals surface area contributed by atoms with Gasteiger partial charge in [0.2, 0.25) is 15.9 Å². The average molecular weight is 438 g/mol. The molecule has 0 aliphatic heterocycles. The van der Waals surface area contributed by atoms with Gasteiger partial charge < -0.3 is 5.32 Å². The highest BCUT2D eigenvalue weighted by molar-refractivity contribution is 7.98. The van der Waals surface area contributed by atoms with Gasteiger partial charge in [0.05, 0.1) is 17.4 Å². The summed E-state index contributed by atoms with van der Waals surface area (Å²) in [6.07, 6.45) is 2.51. The number of hydrogen-bond donors (Lipinski definition) is 2. The van der Waals surface area contributed by atoms with E-state index in [1.165, 1.54) is 36.0 Å². The van der Waals surface area contributed by atoms with E-state index >= 15 is 0 Å². The van der Waals surface area contributed by atoms with Crippen LogP contribution in [0.25, 0.3) is 0 Å². The number of nitrogens with zero attached hydrogens (tertiary/aromatic N) is 1. The van der Waals surface area contributed by atoms with Crippen molar-refractivity contribution >= 4 is 45.0 Å². The molecule has 2 rings (SSSR count). The van der Waals surface area contributed by atoms with Crippen molar-refractivity contribution in [1.82, 2.24) is 4.72 Å². The van der Waals surface area contributed by atoms with Crippen LogP contribution in [0.3, 0.4) is 0 Å². The van der Waals surface area contributed by atoms with Gasteiger partial charge in [0.25, 0.3) is 0 Å². The van der Waals surface area contributed by atoms with Crippen LogP contribution < -0.4 is 10.0 Å². The number of amides is 1. The zero-order valence-corrected chi connectivity index (χ0v) is 17.6. The molecule has 0 spiro atoms. The maximum absolute atomic E-state index is 12.7. The molecule has 0 fully saturated rings. The van der Waals surface area contributed by atoms with Crippen LogP contribution in [0.2, 0.25) is 5.02 Å². The van der Waals surface area contributed by atoms with E-state index in [1.54, 1.807) is 24.3 Å². The first-order chi connectivity index (χ1) is 13.4. The highest BCUT2D eigenvalue weighted by Crippen LogP contribution is 2.16. The van der Waals surface area contributed by atoms with Gasteiger partial charge >= 0.3 is 0 Å². The third kappa shape index (κ3) is 6.53. The first-order valence-corrected chi connectivity index (χ1v) is 11.6. The quantitative estimate of drug-likeness (QED) is 0.626. The number of sulfonamides is 1. The number of hydrogen-bond acceptors (Lipinski definition) is 5. The maximum Gasteiger partial charge on any atom is 0.242 e. The topological polar surface area (TPSA) is 99.1 Å². The van der Waals surface area contributed by atoms with Gasteiger partial charge in [0.15, 0.2) is 0 Å². The Morgan fingerprint density at radius 1 is 1.18 bits per heavy atom. The second-order valence-electron chi connectivity index (χ2n) is 5.93. The molecule has 0 unspecified atom stereocenters. The Labute approximate surface area is 174 Å². The molecule has 0 bridgehead atoms. The fourth-order valence-corrected chi connectivity index (χ4v) is 4.20. The molecule has 0 heterocycles. The molecule has 0 saturated heterocycles. The number of benzene rings is 2. The van der Waals surface area contributed by atoms with Crippen LogP contribution in [0.5, 0.6) is 0 Å². The minimum absolute atomic E-state index is 0.0414. The summed E-state index contributed by atoms with van der Waals surface area (Å²) in [5.74, 6) is 0.169. The average Bonchev–Trinajstić information content (AvgIpc) is 2.67. The van der Waals surface area contributed by atoms with Crippen molar-refractivity contribution in [2.75, 3.05) is 17.3 Å². The van der Waals surface area contributed by atoms with E-state index in [9.17, 15) is 13.2 Å². The van der Waals surface area contributed by atoms with E-state index in [-0.39, 0.29) is 11.3 Å². The molecule has 28 heavy (non-hydrogen) atoms. The molecular weight excluding hydrogens is 418 g/mol. The summed E-state index contributed by atoms with van der Waals surface area (Å²) in [5.41, 5.74) is 1.37. The Hall–Kier alpha value is -2.05. The summed E-state index contributed by atoms with van der Waals surface area (Å²) in [5, 5.41) is 11.9. The lowest BCUT2D eigenvalue weighted by atomic mass is 10.1. The number of carbonyl (C=O) groups is 1. The first-order valence-electron chi connectivity index (χ1n) is 8.39. The smallest absolute Gasteiger partial charge is 0.242 e. The molecule has 0 radical (unpaired) electrons. The molecule has 6 nitrogen and oxygen atoms in total. The normalized spacial score (nSPS) is 12.2. The van der Waals surface area contributed by atoms with Crippen LogP contribution >= 0.6 is 23.4 Å². The standard InChI is InChI=1S/C19H20ClN3O3S2/c1-27-13-11-18(23-28(25,26)17-8-4-15(20)5-9-17)19(24)22-16-6-2-14(3-7-16)10-12-21/h2-9,18,23H,10-11,13H2,1H3,(H,22,24)/t18-/m0/s1. The van der Waals surface area contributed by atoms with Gasteiger partial charge in [0.1, 0.15) is 6.04 Å². The van der Waals surface area contributed by atoms with Crippen molar-refractivity contribution in [2.45, 2.75) is 23.8 Å². The van der Waals surface area contributed by atoms with Crippen molar-refractivity contribution in [2.24, 2.45) is 0 Å². The van der Waals surface area contributed by atoms with Crippen LogP contribution in [0.15, 0.2) is 53.4 Å². The van der Waals surface area contributed by atoms with Gasteiger partial charge in [-0.25, -0.2) is 8.42 Å². The van der Waals surface area contributed by atoms with E-state index in [4.69, 9.17) is 16.9 Å². The molecular formula is C19H20ClN3O3S2. The van der Waals surface area contributed by atoms with Crippen LogP contribution in [0.1, 0.15) is 12.0 Å². The Balaban J connectivity index is 2.14. The third-order valence-electron chi connectivity index (χ3n) is 3.85. The van der Waals surface area contributed by atoms with Crippen molar-refractivity contribution in [3.05, 3.63) is 59.1 Å². The van der Waals surface area contributed by atoms with Crippen LogP contribution in [0, 0.1) is 11.3 Å². The summed E-state index contributed by atoms with van der Waals surface area (Å²) < 4.78 is 27.7. The second kappa shape index (κ2) is 10.5. The fourth-order valence-electron chi connectivity index (χ4n) is 2.37. The number of halogens is 1. The SMILES string of the molecule is CSCC[C@H](NS(=O)(=O)c1ccc(Cl)cc1)C(=O)Nc1ccc(CC#N)cc1. The lowest BCUT2D eigenvalue weighted by Gasteiger charge is -2.18. The molecule has 0 aliphatic rings. The second-order valence-corrected chi connectivity index (χ2v) is 9.07. The summed E-state index contributed by atoms with van der Waals surface area (Å²) >= 11 is 7.33. The van der Waals surface area contributed by atoms with E-state index in [0.717, 1.165) is 5.56 Å². The summed E-state index contributed by atoms with van der Waals surface area (Å²) in [6.45, 7) is 0. The Morgan fingerprint density at radius 2 is 1.82 bits per heavy atom. The number of rotatable bonds is 9. The predicted molar refractivity (Wildman–Crippen MR) is 113 cm³/mol. The number of nitrogens with one attached hydrogen (secondary N) is 2.